The van der Waals surface area contributed by atoms with Crippen LogP contribution in [0.3, 0.4) is 0 Å². The van der Waals surface area contributed by atoms with Crippen molar-refractivity contribution in [2.75, 3.05) is 51.3 Å². The fraction of sp³-hybridized carbons (Fsp3) is 0.611. The molecule has 2 rings (SSSR count). The van der Waals surface area contributed by atoms with Crippen molar-refractivity contribution in [1.29, 1.82) is 0 Å². The van der Waals surface area contributed by atoms with E-state index in [0.29, 0.717) is 12.5 Å². The van der Waals surface area contributed by atoms with E-state index in [1.165, 1.54) is 10.6 Å². The maximum atomic E-state index is 12.0. The maximum Gasteiger partial charge on any atom is 0.275 e. The molecule has 1 amide bonds. The fourth-order valence-electron chi connectivity index (χ4n) is 2.85. The molecular formula is C18H30N3O2+. The molecule has 0 aliphatic carbocycles. The Hall–Kier alpha value is -1.75. The molecule has 0 atom stereocenters. The number of rotatable bonds is 7. The lowest BCUT2D eigenvalue weighted by atomic mass is 10.1. The van der Waals surface area contributed by atoms with Crippen LogP contribution in [0.2, 0.25) is 0 Å². The lowest BCUT2D eigenvalue weighted by Gasteiger charge is -2.33. The van der Waals surface area contributed by atoms with E-state index in [4.69, 9.17) is 4.74 Å². The molecule has 5 nitrogen and oxygen atoms in total. The highest BCUT2D eigenvalue weighted by Crippen LogP contribution is 2.20. The van der Waals surface area contributed by atoms with E-state index in [-0.39, 0.29) is 5.91 Å². The zero-order valence-electron chi connectivity index (χ0n) is 14.6. The number of hydrogen-bond acceptors (Lipinski definition) is 3. The summed E-state index contributed by atoms with van der Waals surface area (Å²) in [6, 6.07) is 8.18. The van der Waals surface area contributed by atoms with E-state index in [0.717, 1.165) is 44.9 Å². The number of amides is 1. The van der Waals surface area contributed by atoms with Crippen molar-refractivity contribution < 1.29 is 14.4 Å². The summed E-state index contributed by atoms with van der Waals surface area (Å²) in [7, 11) is 1.69. The zero-order chi connectivity index (χ0) is 16.7. The highest BCUT2D eigenvalue weighted by Gasteiger charge is 2.22. The van der Waals surface area contributed by atoms with Crippen LogP contribution in [-0.2, 0) is 4.79 Å². The maximum absolute atomic E-state index is 12.0. The average Bonchev–Trinajstić information content (AvgIpc) is 2.55. The van der Waals surface area contributed by atoms with Gasteiger partial charge in [-0.3, -0.25) is 4.79 Å². The minimum atomic E-state index is 0.176. The Kier molecular flexibility index (Phi) is 6.71. The molecule has 0 unspecified atom stereocenters. The van der Waals surface area contributed by atoms with Gasteiger partial charge in [0.1, 0.15) is 5.75 Å². The molecule has 1 fully saturated rings. The lowest BCUT2D eigenvalue weighted by molar-refractivity contribution is -0.892. The smallest absolute Gasteiger partial charge is 0.275 e. The molecule has 2 N–H and O–H groups in total. The number of quaternary nitrogens is 1. The monoisotopic (exact) mass is 320 g/mol. The van der Waals surface area contributed by atoms with E-state index < -0.39 is 0 Å². The molecule has 23 heavy (non-hydrogen) atoms. The molecule has 128 valence electrons. The minimum Gasteiger partial charge on any atom is -0.497 e. The van der Waals surface area contributed by atoms with E-state index in [1.54, 1.807) is 7.11 Å². The number of ether oxygens (including phenoxy) is 1. The second-order valence-corrected chi connectivity index (χ2v) is 6.65. The molecule has 1 aromatic carbocycles. The van der Waals surface area contributed by atoms with Gasteiger partial charge >= 0.3 is 0 Å². The molecule has 0 radical (unpaired) electrons. The van der Waals surface area contributed by atoms with Crippen molar-refractivity contribution in [2.24, 2.45) is 5.92 Å². The van der Waals surface area contributed by atoms with Gasteiger partial charge in [0.2, 0.25) is 0 Å². The van der Waals surface area contributed by atoms with Crippen molar-refractivity contribution in [3.63, 3.8) is 0 Å². The number of carbonyl (C=O) groups excluding carboxylic acids is 1. The van der Waals surface area contributed by atoms with Crippen molar-refractivity contribution >= 4 is 11.6 Å². The third-order valence-corrected chi connectivity index (χ3v) is 4.34. The van der Waals surface area contributed by atoms with Crippen LogP contribution in [0.4, 0.5) is 5.69 Å². The van der Waals surface area contributed by atoms with Crippen molar-refractivity contribution in [1.82, 2.24) is 5.32 Å². The molecule has 5 heteroatoms. The first-order valence-electron chi connectivity index (χ1n) is 8.57. The van der Waals surface area contributed by atoms with Gasteiger partial charge in [-0.15, -0.1) is 0 Å². The number of nitrogens with zero attached hydrogens (tertiary/aromatic N) is 1. The largest absolute Gasteiger partial charge is 0.497 e. The summed E-state index contributed by atoms with van der Waals surface area (Å²) in [5, 5.41) is 3.03. The Morgan fingerprint density at radius 2 is 2.09 bits per heavy atom. The van der Waals surface area contributed by atoms with Gasteiger partial charge in [-0.2, -0.15) is 0 Å². The molecule has 1 aromatic rings. The van der Waals surface area contributed by atoms with E-state index >= 15 is 0 Å². The topological polar surface area (TPSA) is 46.0 Å². The van der Waals surface area contributed by atoms with Crippen molar-refractivity contribution in [3.05, 3.63) is 24.3 Å². The fourth-order valence-corrected chi connectivity index (χ4v) is 2.85. The first-order chi connectivity index (χ1) is 11.1. The Morgan fingerprint density at radius 1 is 1.35 bits per heavy atom. The summed E-state index contributed by atoms with van der Waals surface area (Å²) >= 11 is 0. The van der Waals surface area contributed by atoms with Crippen LogP contribution in [-0.4, -0.2) is 52.3 Å². The predicted molar refractivity (Wildman–Crippen MR) is 93.2 cm³/mol. The van der Waals surface area contributed by atoms with Gasteiger partial charge < -0.3 is 19.9 Å². The van der Waals surface area contributed by atoms with Crippen LogP contribution < -0.4 is 19.9 Å². The summed E-state index contributed by atoms with van der Waals surface area (Å²) in [6.07, 6.45) is 1.05. The van der Waals surface area contributed by atoms with Gasteiger partial charge in [0.25, 0.3) is 5.91 Å². The van der Waals surface area contributed by atoms with Crippen LogP contribution in [0, 0.1) is 5.92 Å². The first-order valence-corrected chi connectivity index (χ1v) is 8.57. The van der Waals surface area contributed by atoms with E-state index in [2.05, 4.69) is 36.2 Å². The van der Waals surface area contributed by atoms with E-state index in [9.17, 15) is 4.79 Å². The number of methoxy groups -OCH3 is 1. The second-order valence-electron chi connectivity index (χ2n) is 6.65. The van der Waals surface area contributed by atoms with Crippen LogP contribution in [0.25, 0.3) is 0 Å². The van der Waals surface area contributed by atoms with Gasteiger partial charge in [-0.25, -0.2) is 0 Å². The Bertz CT molecular complexity index is 497. The van der Waals surface area contributed by atoms with E-state index in [1.807, 2.05) is 12.1 Å². The molecule has 1 aliphatic heterocycles. The number of carbonyl (C=O) groups is 1. The molecule has 1 saturated heterocycles. The van der Waals surface area contributed by atoms with Crippen LogP contribution in [0.1, 0.15) is 20.3 Å². The molecule has 0 saturated carbocycles. The number of anilines is 1. The number of piperazine rings is 1. The molecular weight excluding hydrogens is 290 g/mol. The van der Waals surface area contributed by atoms with Gasteiger partial charge in [0.15, 0.2) is 6.54 Å². The molecule has 1 heterocycles. The Labute approximate surface area is 139 Å². The highest BCUT2D eigenvalue weighted by molar-refractivity contribution is 5.76. The standard InChI is InChI=1S/C18H29N3O2/c1-15(2)7-8-19-18(22)14-20-9-11-21(12-10-20)16-5-4-6-17(13-16)23-3/h4-6,13,15H,7-12,14H2,1-3H3,(H,19,22)/p+1. The Morgan fingerprint density at radius 3 is 2.74 bits per heavy atom. The van der Waals surface area contributed by atoms with Gasteiger partial charge in [0.05, 0.1) is 33.3 Å². The Balaban J connectivity index is 1.74. The summed E-state index contributed by atoms with van der Waals surface area (Å²) in [5.41, 5.74) is 1.20. The van der Waals surface area contributed by atoms with Crippen LogP contribution >= 0.6 is 0 Å². The molecule has 0 bridgehead atoms. The third kappa shape index (κ3) is 5.75. The lowest BCUT2D eigenvalue weighted by Crippen LogP contribution is -3.15. The normalized spacial score (nSPS) is 15.7. The first kappa shape index (κ1) is 17.6. The summed E-state index contributed by atoms with van der Waals surface area (Å²) in [6.45, 7) is 9.67. The molecule has 1 aliphatic rings. The van der Waals surface area contributed by atoms with Gasteiger partial charge in [-0.05, 0) is 24.5 Å². The molecule has 0 spiro atoms. The van der Waals surface area contributed by atoms with Crippen LogP contribution in [0.15, 0.2) is 24.3 Å². The van der Waals surface area contributed by atoms with Gasteiger partial charge in [0, 0.05) is 18.3 Å². The second kappa shape index (κ2) is 8.77. The summed E-state index contributed by atoms with van der Waals surface area (Å²) in [4.78, 5) is 15.7. The van der Waals surface area contributed by atoms with Gasteiger partial charge in [-0.1, -0.05) is 19.9 Å². The average molecular weight is 320 g/mol. The summed E-state index contributed by atoms with van der Waals surface area (Å²) < 4.78 is 5.29. The number of benzene rings is 1. The third-order valence-electron chi connectivity index (χ3n) is 4.34. The molecule has 0 aromatic heterocycles. The van der Waals surface area contributed by atoms with Crippen molar-refractivity contribution in [3.8, 4) is 5.75 Å². The number of hydrogen-bond donors (Lipinski definition) is 2. The van der Waals surface area contributed by atoms with Crippen molar-refractivity contribution in [2.45, 2.75) is 20.3 Å². The highest BCUT2D eigenvalue weighted by atomic mass is 16.5. The summed E-state index contributed by atoms with van der Waals surface area (Å²) in [5.74, 6) is 1.70. The zero-order valence-corrected chi connectivity index (χ0v) is 14.6. The predicted octanol–water partition coefficient (Wildman–Crippen LogP) is 0.562. The van der Waals surface area contributed by atoms with Crippen LogP contribution in [0.5, 0.6) is 5.75 Å². The SMILES string of the molecule is COc1cccc(N2CC[NH+](CC(=O)NCCC(C)C)CC2)c1. The minimum absolute atomic E-state index is 0.176. The quantitative estimate of drug-likeness (QED) is 0.772. The number of nitrogens with one attached hydrogen (secondary N) is 2.